The Labute approximate surface area is 456 Å². The third kappa shape index (κ3) is 19.2. The van der Waals surface area contributed by atoms with Crippen molar-refractivity contribution in [1.29, 1.82) is 0 Å². The Hall–Kier alpha value is -6.93. The molecule has 440 valence electrons. The molecule has 2 rings (SSSR count). The second kappa shape index (κ2) is 29.2. The lowest BCUT2D eigenvalue weighted by Gasteiger charge is -2.37. The van der Waals surface area contributed by atoms with Gasteiger partial charge in [0.25, 0.3) is 0 Å². The van der Waals surface area contributed by atoms with Crippen molar-refractivity contribution in [3.05, 3.63) is 0 Å². The van der Waals surface area contributed by atoms with E-state index in [-0.39, 0.29) is 18.5 Å². The van der Waals surface area contributed by atoms with Crippen molar-refractivity contribution in [2.45, 2.75) is 200 Å². The fourth-order valence-electron chi connectivity index (χ4n) is 9.04. The van der Waals surface area contributed by atoms with Crippen molar-refractivity contribution in [2.24, 2.45) is 23.5 Å². The standard InChI is InChI=1S/C51H86N12O15/c1-25(2)37(47(75)76)58-43(71)34-18-16-22-63(34)46(74)38(26(3)4)61(14)44(72)30(8)57-48(77)50(10,11)59-35(64)24-53-39(67)27(5)19-20-32-17-15-21-62(32)45(73)31(9)55-40(68)28(6)56-49(78)51(12,13)60-41(69)29(7)54-42(70)33(52)23-36(65)66/h25-34,37-38H,15-24,52H2,1-14H3,(H,53,67)(H,54,70)(H,55,68)(H,56,78)(H,57,77)(H,58,71)(H,59,64)(H,60,69)(H,65,66)(H,75,76)/t27-,28+,29+,30+,31+,32+,33+,34+,37+,38+/m1/s1. The lowest BCUT2D eigenvalue weighted by atomic mass is 9.99. The summed E-state index contributed by atoms with van der Waals surface area (Å²) in [5.41, 5.74) is 2.38. The number of amides is 11. The number of hydrogen-bond acceptors (Lipinski definition) is 14. The van der Waals surface area contributed by atoms with E-state index >= 15 is 0 Å². The number of likely N-dealkylation sites (tertiary alicyclic amines) is 2. The van der Waals surface area contributed by atoms with Crippen LogP contribution < -0.4 is 48.3 Å². The zero-order valence-electron chi connectivity index (χ0n) is 47.6. The van der Waals surface area contributed by atoms with Crippen molar-refractivity contribution < 1.29 is 72.5 Å². The number of carbonyl (C=O) groups excluding carboxylic acids is 11. The first kappa shape index (κ1) is 67.2. The zero-order chi connectivity index (χ0) is 59.9. The summed E-state index contributed by atoms with van der Waals surface area (Å²) >= 11 is 0. The van der Waals surface area contributed by atoms with Gasteiger partial charge >= 0.3 is 11.9 Å². The van der Waals surface area contributed by atoms with Gasteiger partial charge in [0.15, 0.2) is 0 Å². The molecule has 0 saturated carbocycles. The number of nitrogens with zero attached hydrogens (tertiary/aromatic N) is 3. The van der Waals surface area contributed by atoms with Crippen LogP contribution in [0.4, 0.5) is 0 Å². The lowest BCUT2D eigenvalue weighted by Crippen LogP contribution is -2.62. The van der Waals surface area contributed by atoms with Crippen molar-refractivity contribution in [3.63, 3.8) is 0 Å². The predicted octanol–water partition coefficient (Wildman–Crippen LogP) is -2.18. The van der Waals surface area contributed by atoms with E-state index in [0.29, 0.717) is 45.1 Å². The second-order valence-electron chi connectivity index (χ2n) is 22.3. The van der Waals surface area contributed by atoms with Gasteiger partial charge in [-0.15, -0.1) is 0 Å². The number of carboxylic acids is 2. The first-order valence-electron chi connectivity index (χ1n) is 26.5. The Morgan fingerprint density at radius 3 is 1.69 bits per heavy atom. The van der Waals surface area contributed by atoms with E-state index in [4.69, 9.17) is 10.8 Å². The van der Waals surface area contributed by atoms with Crippen LogP contribution in [0.2, 0.25) is 0 Å². The van der Waals surface area contributed by atoms with Gasteiger partial charge in [-0.05, 0) is 106 Å². The molecular weight excluding hydrogens is 1020 g/mol. The average molecular weight is 1110 g/mol. The van der Waals surface area contributed by atoms with Gasteiger partial charge in [0.2, 0.25) is 65.0 Å². The van der Waals surface area contributed by atoms with Gasteiger partial charge in [-0.3, -0.25) is 57.5 Å². The van der Waals surface area contributed by atoms with Crippen LogP contribution in [0.5, 0.6) is 0 Å². The third-order valence-corrected chi connectivity index (χ3v) is 13.9. The second-order valence-corrected chi connectivity index (χ2v) is 22.3. The molecule has 11 amide bonds. The SMILES string of the molecule is CC(C)[C@H](NC(=O)[C@@H]1CCCN1C(=O)[C@H](C(C)C)N(C)C(=O)[C@H](C)NC(=O)C(C)(C)NC(=O)CNC(=O)[C@H](C)CC[C@@H]1CCCN1C(=O)[C@H](C)NC(=O)[C@H](C)NC(=O)C(C)(C)NC(=O)[C@H](C)NC(=O)[C@@H](N)CC(=O)O)C(=O)O. The minimum atomic E-state index is -1.59. The van der Waals surface area contributed by atoms with Crippen LogP contribution in [0.3, 0.4) is 0 Å². The predicted molar refractivity (Wildman–Crippen MR) is 282 cm³/mol. The molecule has 78 heavy (non-hydrogen) atoms. The molecule has 12 N–H and O–H groups in total. The minimum Gasteiger partial charge on any atom is -0.481 e. The summed E-state index contributed by atoms with van der Waals surface area (Å²) in [7, 11) is 1.41. The number of aliphatic carboxylic acids is 2. The molecule has 2 aliphatic heterocycles. The third-order valence-electron chi connectivity index (χ3n) is 13.9. The topological polar surface area (TPSA) is 394 Å². The Morgan fingerprint density at radius 1 is 0.615 bits per heavy atom. The normalized spacial score (nSPS) is 18.6. The monoisotopic (exact) mass is 1110 g/mol. The van der Waals surface area contributed by atoms with Crippen LogP contribution in [-0.4, -0.2) is 194 Å². The molecule has 0 radical (unpaired) electrons. The highest BCUT2D eigenvalue weighted by atomic mass is 16.4. The van der Waals surface area contributed by atoms with E-state index in [1.165, 1.54) is 72.2 Å². The molecule has 0 aromatic carbocycles. The van der Waals surface area contributed by atoms with E-state index in [9.17, 15) is 67.4 Å². The van der Waals surface area contributed by atoms with Crippen LogP contribution in [0, 0.1) is 17.8 Å². The summed E-state index contributed by atoms with van der Waals surface area (Å²) < 4.78 is 0. The smallest absolute Gasteiger partial charge is 0.326 e. The highest BCUT2D eigenvalue weighted by Gasteiger charge is 2.43. The zero-order valence-corrected chi connectivity index (χ0v) is 47.6. The van der Waals surface area contributed by atoms with Gasteiger partial charge in [-0.25, -0.2) is 4.79 Å². The highest BCUT2D eigenvalue weighted by molar-refractivity contribution is 5.99. The summed E-state index contributed by atoms with van der Waals surface area (Å²) in [6.45, 7) is 19.7. The van der Waals surface area contributed by atoms with Gasteiger partial charge in [0.05, 0.1) is 19.0 Å². The van der Waals surface area contributed by atoms with Crippen LogP contribution in [0.1, 0.15) is 135 Å². The first-order chi connectivity index (χ1) is 35.9. The number of rotatable bonds is 28. The highest BCUT2D eigenvalue weighted by Crippen LogP contribution is 2.26. The number of carboxylic acid groups (broad SMARTS) is 2. The Kier molecular flexibility index (Phi) is 25.1. The van der Waals surface area contributed by atoms with Crippen molar-refractivity contribution in [2.75, 3.05) is 26.7 Å². The number of nitrogens with one attached hydrogen (secondary N) is 8. The molecule has 0 aromatic heterocycles. The molecule has 0 unspecified atom stereocenters. The van der Waals surface area contributed by atoms with Gasteiger partial charge in [-0.2, -0.15) is 0 Å². The summed E-state index contributed by atoms with van der Waals surface area (Å²) in [4.78, 5) is 172. The van der Waals surface area contributed by atoms with Crippen molar-refractivity contribution >= 4 is 76.9 Å². The molecule has 2 aliphatic rings. The molecule has 27 nitrogen and oxygen atoms in total. The van der Waals surface area contributed by atoms with Crippen molar-refractivity contribution in [3.8, 4) is 0 Å². The molecule has 0 spiro atoms. The van der Waals surface area contributed by atoms with Crippen LogP contribution in [0.25, 0.3) is 0 Å². The van der Waals surface area contributed by atoms with Crippen LogP contribution >= 0.6 is 0 Å². The van der Waals surface area contributed by atoms with E-state index in [1.54, 1.807) is 39.5 Å². The van der Waals surface area contributed by atoms with Crippen LogP contribution in [0.15, 0.2) is 0 Å². The molecule has 2 saturated heterocycles. The van der Waals surface area contributed by atoms with Crippen LogP contribution in [-0.2, 0) is 62.3 Å². The summed E-state index contributed by atoms with van der Waals surface area (Å²) in [6, 6.07) is -9.32. The largest absolute Gasteiger partial charge is 0.481 e. The van der Waals surface area contributed by atoms with E-state index in [2.05, 4.69) is 42.5 Å². The Bertz CT molecular complexity index is 2260. The maximum atomic E-state index is 14.0. The molecule has 2 heterocycles. The quantitative estimate of drug-likeness (QED) is 0.0397. The molecule has 10 atom stereocenters. The molecule has 0 bridgehead atoms. The Balaban J connectivity index is 1.90. The fraction of sp³-hybridized carbons (Fsp3) is 0.745. The minimum absolute atomic E-state index is 0.222. The lowest BCUT2D eigenvalue weighted by molar-refractivity contribution is -0.151. The molecule has 27 heteroatoms. The molecule has 2 fully saturated rings. The first-order valence-corrected chi connectivity index (χ1v) is 26.5. The van der Waals surface area contributed by atoms with Crippen molar-refractivity contribution in [1.82, 2.24) is 57.2 Å². The van der Waals surface area contributed by atoms with Gasteiger partial charge < -0.3 is 73.2 Å². The van der Waals surface area contributed by atoms with Gasteiger partial charge in [0.1, 0.15) is 53.4 Å². The number of likely N-dealkylation sites (N-methyl/N-ethyl adjacent to an activating group) is 1. The summed E-state index contributed by atoms with van der Waals surface area (Å²) in [6.07, 6.45) is 2.20. The fourth-order valence-corrected chi connectivity index (χ4v) is 9.04. The maximum Gasteiger partial charge on any atom is 0.326 e. The van der Waals surface area contributed by atoms with Gasteiger partial charge in [-0.1, -0.05) is 34.6 Å². The summed E-state index contributed by atoms with van der Waals surface area (Å²) in [5, 5.41) is 38.6. The van der Waals surface area contributed by atoms with E-state index in [0.717, 1.165) is 0 Å². The van der Waals surface area contributed by atoms with E-state index in [1.807, 2.05) is 0 Å². The summed E-state index contributed by atoms with van der Waals surface area (Å²) in [5.74, 6) is -11.1. The number of nitrogens with two attached hydrogens (primary N) is 1. The molecule has 0 aliphatic carbocycles. The number of hydrogen-bond donors (Lipinski definition) is 11. The molecular formula is C51H86N12O15. The Morgan fingerprint density at radius 2 is 1.14 bits per heavy atom. The molecule has 0 aromatic rings. The van der Waals surface area contributed by atoms with Gasteiger partial charge in [0, 0.05) is 32.1 Å². The average Bonchev–Trinajstić information content (AvgIpc) is 4.03. The maximum absolute atomic E-state index is 14.0. The van der Waals surface area contributed by atoms with E-state index < -0.39 is 161 Å². The number of carbonyl (C=O) groups is 13.